The lowest BCUT2D eigenvalue weighted by atomic mass is 9.63. The van der Waals surface area contributed by atoms with Crippen LogP contribution in [-0.4, -0.2) is 13.1 Å². The normalized spacial score (nSPS) is 18.8. The van der Waals surface area contributed by atoms with Gasteiger partial charge in [-0.05, 0) is 37.4 Å². The minimum absolute atomic E-state index is 0.282. The highest BCUT2D eigenvalue weighted by molar-refractivity contribution is 5.30. The van der Waals surface area contributed by atoms with Crippen LogP contribution in [0.15, 0.2) is 60.7 Å². The molecule has 1 aliphatic rings. The number of hydrogen-bond acceptors (Lipinski definition) is 1. The standard InChI is InChI=1S/C21H27N/c1-22-20(17-18-11-5-2-6-12-18)21(15-9-4-10-16-21)19-13-7-3-8-14-19/h2-3,5-8,11-14,20,22H,4,9-10,15-17H2,1H3. The molecule has 0 spiro atoms. The van der Waals surface area contributed by atoms with Crippen molar-refractivity contribution in [3.8, 4) is 0 Å². The summed E-state index contributed by atoms with van der Waals surface area (Å²) in [6.07, 6.45) is 7.79. The van der Waals surface area contributed by atoms with Crippen LogP contribution in [-0.2, 0) is 11.8 Å². The van der Waals surface area contributed by atoms with E-state index in [9.17, 15) is 0 Å². The molecule has 0 amide bonds. The van der Waals surface area contributed by atoms with Crippen molar-refractivity contribution in [3.05, 3.63) is 71.8 Å². The zero-order valence-electron chi connectivity index (χ0n) is 13.6. The molecular weight excluding hydrogens is 266 g/mol. The van der Waals surface area contributed by atoms with Crippen molar-refractivity contribution in [2.45, 2.75) is 50.0 Å². The second-order valence-corrected chi connectivity index (χ2v) is 6.61. The van der Waals surface area contributed by atoms with E-state index in [4.69, 9.17) is 0 Å². The van der Waals surface area contributed by atoms with Gasteiger partial charge >= 0.3 is 0 Å². The molecule has 22 heavy (non-hydrogen) atoms. The summed E-state index contributed by atoms with van der Waals surface area (Å²) in [6.45, 7) is 0. The topological polar surface area (TPSA) is 12.0 Å². The van der Waals surface area contributed by atoms with E-state index in [1.165, 1.54) is 43.2 Å². The molecule has 3 rings (SSSR count). The molecule has 0 heterocycles. The summed E-state index contributed by atoms with van der Waals surface area (Å²) in [5.74, 6) is 0. The van der Waals surface area contributed by atoms with Crippen molar-refractivity contribution in [1.82, 2.24) is 5.32 Å². The Labute approximate surface area is 134 Å². The van der Waals surface area contributed by atoms with Crippen molar-refractivity contribution in [2.24, 2.45) is 0 Å². The smallest absolute Gasteiger partial charge is 0.0201 e. The highest BCUT2D eigenvalue weighted by atomic mass is 14.9. The van der Waals surface area contributed by atoms with Crippen LogP contribution in [0.2, 0.25) is 0 Å². The molecule has 0 aliphatic heterocycles. The number of hydrogen-bond donors (Lipinski definition) is 1. The van der Waals surface area contributed by atoms with Crippen LogP contribution in [0, 0.1) is 0 Å². The number of rotatable bonds is 5. The summed E-state index contributed by atoms with van der Waals surface area (Å²) in [5, 5.41) is 3.66. The second-order valence-electron chi connectivity index (χ2n) is 6.61. The fraction of sp³-hybridized carbons (Fsp3) is 0.429. The third-order valence-corrected chi connectivity index (χ3v) is 5.39. The third kappa shape index (κ3) is 3.10. The Morgan fingerprint density at radius 1 is 0.864 bits per heavy atom. The molecule has 1 atom stereocenters. The van der Waals surface area contributed by atoms with Crippen LogP contribution in [0.4, 0.5) is 0 Å². The number of benzene rings is 2. The molecule has 1 aliphatic carbocycles. The number of likely N-dealkylation sites (N-methyl/N-ethyl adjacent to an activating group) is 1. The second kappa shape index (κ2) is 7.11. The van der Waals surface area contributed by atoms with Gasteiger partial charge in [0.15, 0.2) is 0 Å². The maximum Gasteiger partial charge on any atom is 0.0201 e. The number of nitrogens with one attached hydrogen (secondary N) is 1. The predicted octanol–water partition coefficient (Wildman–Crippen LogP) is 4.72. The Balaban J connectivity index is 1.93. The van der Waals surface area contributed by atoms with Gasteiger partial charge in [-0.2, -0.15) is 0 Å². The van der Waals surface area contributed by atoms with Gasteiger partial charge in [0.25, 0.3) is 0 Å². The Morgan fingerprint density at radius 3 is 2.05 bits per heavy atom. The van der Waals surface area contributed by atoms with Crippen LogP contribution >= 0.6 is 0 Å². The SMILES string of the molecule is CNC(Cc1ccccc1)C1(c2ccccc2)CCCCC1. The monoisotopic (exact) mass is 293 g/mol. The summed E-state index contributed by atoms with van der Waals surface area (Å²) in [4.78, 5) is 0. The van der Waals surface area contributed by atoms with Gasteiger partial charge in [0, 0.05) is 11.5 Å². The summed E-state index contributed by atoms with van der Waals surface area (Å²) in [7, 11) is 2.13. The molecule has 116 valence electrons. The van der Waals surface area contributed by atoms with Crippen LogP contribution in [0.5, 0.6) is 0 Å². The first-order valence-corrected chi connectivity index (χ1v) is 8.62. The van der Waals surface area contributed by atoms with Gasteiger partial charge in [0.05, 0.1) is 0 Å². The van der Waals surface area contributed by atoms with Crippen LogP contribution < -0.4 is 5.32 Å². The van der Waals surface area contributed by atoms with Crippen molar-refractivity contribution in [1.29, 1.82) is 0 Å². The van der Waals surface area contributed by atoms with Gasteiger partial charge in [-0.1, -0.05) is 79.9 Å². The molecule has 2 aromatic rings. The lowest BCUT2D eigenvalue weighted by Crippen LogP contribution is -2.49. The maximum atomic E-state index is 3.66. The summed E-state index contributed by atoms with van der Waals surface area (Å²) < 4.78 is 0. The average Bonchev–Trinajstić information content (AvgIpc) is 2.62. The van der Waals surface area contributed by atoms with Crippen LogP contribution in [0.25, 0.3) is 0 Å². The molecule has 1 fully saturated rings. The molecule has 0 saturated heterocycles. The van der Waals surface area contributed by atoms with E-state index in [1.54, 1.807) is 0 Å². The first-order valence-electron chi connectivity index (χ1n) is 8.62. The Hall–Kier alpha value is -1.60. The summed E-state index contributed by atoms with van der Waals surface area (Å²) >= 11 is 0. The Morgan fingerprint density at radius 2 is 1.45 bits per heavy atom. The van der Waals surface area contributed by atoms with Gasteiger partial charge < -0.3 is 5.32 Å². The van der Waals surface area contributed by atoms with Crippen LogP contribution in [0.3, 0.4) is 0 Å². The molecule has 1 N–H and O–H groups in total. The Kier molecular flexibility index (Phi) is 4.94. The highest BCUT2D eigenvalue weighted by Crippen LogP contribution is 2.43. The van der Waals surface area contributed by atoms with Crippen molar-refractivity contribution >= 4 is 0 Å². The van der Waals surface area contributed by atoms with Crippen molar-refractivity contribution in [3.63, 3.8) is 0 Å². The van der Waals surface area contributed by atoms with E-state index in [0.717, 1.165) is 6.42 Å². The fourth-order valence-electron chi connectivity index (χ4n) is 4.21. The molecule has 0 aromatic heterocycles. The zero-order valence-corrected chi connectivity index (χ0v) is 13.6. The van der Waals surface area contributed by atoms with E-state index >= 15 is 0 Å². The highest BCUT2D eigenvalue weighted by Gasteiger charge is 2.40. The quantitative estimate of drug-likeness (QED) is 0.841. The van der Waals surface area contributed by atoms with Gasteiger partial charge in [0.2, 0.25) is 0 Å². The maximum absolute atomic E-state index is 3.66. The lowest BCUT2D eigenvalue weighted by Gasteiger charge is -2.44. The van der Waals surface area contributed by atoms with E-state index in [0.29, 0.717) is 6.04 Å². The van der Waals surface area contributed by atoms with Crippen molar-refractivity contribution in [2.75, 3.05) is 7.05 Å². The molecular formula is C21H27N. The minimum atomic E-state index is 0.282. The largest absolute Gasteiger partial charge is 0.316 e. The summed E-state index contributed by atoms with van der Waals surface area (Å²) in [5.41, 5.74) is 3.23. The molecule has 0 bridgehead atoms. The molecule has 2 aromatic carbocycles. The van der Waals surface area contributed by atoms with Gasteiger partial charge in [-0.3, -0.25) is 0 Å². The van der Waals surface area contributed by atoms with E-state index in [2.05, 4.69) is 73.0 Å². The first-order chi connectivity index (χ1) is 10.8. The minimum Gasteiger partial charge on any atom is -0.316 e. The summed E-state index contributed by atoms with van der Waals surface area (Å²) in [6, 6.07) is 22.6. The molecule has 1 unspecified atom stereocenters. The molecule has 1 heteroatoms. The average molecular weight is 293 g/mol. The molecule has 1 nitrogen and oxygen atoms in total. The third-order valence-electron chi connectivity index (χ3n) is 5.39. The lowest BCUT2D eigenvalue weighted by molar-refractivity contribution is 0.218. The van der Waals surface area contributed by atoms with Crippen molar-refractivity contribution < 1.29 is 0 Å². The predicted molar refractivity (Wildman–Crippen MR) is 94.2 cm³/mol. The molecule has 1 saturated carbocycles. The fourth-order valence-corrected chi connectivity index (χ4v) is 4.21. The van der Waals surface area contributed by atoms with E-state index < -0.39 is 0 Å². The van der Waals surface area contributed by atoms with E-state index in [1.807, 2.05) is 0 Å². The molecule has 0 radical (unpaired) electrons. The first kappa shape index (κ1) is 15.3. The van der Waals surface area contributed by atoms with Gasteiger partial charge in [0.1, 0.15) is 0 Å². The van der Waals surface area contributed by atoms with E-state index in [-0.39, 0.29) is 5.41 Å². The van der Waals surface area contributed by atoms with Gasteiger partial charge in [-0.25, -0.2) is 0 Å². The van der Waals surface area contributed by atoms with Gasteiger partial charge in [-0.15, -0.1) is 0 Å². The zero-order chi connectivity index (χ0) is 15.3. The van der Waals surface area contributed by atoms with Crippen LogP contribution in [0.1, 0.15) is 43.2 Å². The Bertz CT molecular complexity index is 555.